The normalized spacial score (nSPS) is 24.4. The first-order valence-corrected chi connectivity index (χ1v) is 8.05. The van der Waals surface area contributed by atoms with Gasteiger partial charge in [-0.3, -0.25) is 4.79 Å². The molecular weight excluding hydrogens is 282 g/mol. The first kappa shape index (κ1) is 15.3. The lowest BCUT2D eigenvalue weighted by Crippen LogP contribution is -2.31. The maximum atomic E-state index is 12.2. The predicted octanol–water partition coefficient (Wildman–Crippen LogP) is 2.15. The monoisotopic (exact) mass is 305 g/mol. The molecule has 22 heavy (non-hydrogen) atoms. The highest BCUT2D eigenvalue weighted by Crippen LogP contribution is 2.17. The number of nitrogens with one attached hydrogen (secondary N) is 1. The summed E-state index contributed by atoms with van der Waals surface area (Å²) in [5.41, 5.74) is 0.614. The summed E-state index contributed by atoms with van der Waals surface area (Å²) in [4.78, 5) is 12.2. The van der Waals surface area contributed by atoms with Gasteiger partial charge in [-0.05, 0) is 43.9 Å². The van der Waals surface area contributed by atoms with Crippen molar-refractivity contribution in [2.24, 2.45) is 0 Å². The lowest BCUT2D eigenvalue weighted by molar-refractivity contribution is 0.0679. The van der Waals surface area contributed by atoms with E-state index in [0.717, 1.165) is 38.9 Å². The molecule has 5 heteroatoms. The van der Waals surface area contributed by atoms with E-state index in [0.29, 0.717) is 24.5 Å². The van der Waals surface area contributed by atoms with E-state index in [-0.39, 0.29) is 18.1 Å². The van der Waals surface area contributed by atoms with Crippen molar-refractivity contribution in [3.63, 3.8) is 0 Å². The summed E-state index contributed by atoms with van der Waals surface area (Å²) < 4.78 is 16.8. The van der Waals surface area contributed by atoms with Crippen LogP contribution in [0.3, 0.4) is 0 Å². The summed E-state index contributed by atoms with van der Waals surface area (Å²) >= 11 is 0. The van der Waals surface area contributed by atoms with Gasteiger partial charge in [0, 0.05) is 25.3 Å². The van der Waals surface area contributed by atoms with Crippen LogP contribution < -0.4 is 10.1 Å². The van der Waals surface area contributed by atoms with Gasteiger partial charge >= 0.3 is 0 Å². The molecule has 0 aromatic heterocycles. The highest BCUT2D eigenvalue weighted by Gasteiger charge is 2.18. The van der Waals surface area contributed by atoms with Crippen LogP contribution in [0.1, 0.15) is 36.0 Å². The molecular formula is C17H23NO4. The third-order valence-electron chi connectivity index (χ3n) is 4.07. The number of ether oxygens (including phenoxy) is 3. The predicted molar refractivity (Wildman–Crippen MR) is 82.2 cm³/mol. The van der Waals surface area contributed by atoms with Crippen LogP contribution in [0.15, 0.2) is 24.3 Å². The number of benzene rings is 1. The number of hydrogen-bond acceptors (Lipinski definition) is 4. The first-order valence-electron chi connectivity index (χ1n) is 8.05. The van der Waals surface area contributed by atoms with Crippen molar-refractivity contribution in [2.75, 3.05) is 26.4 Å². The molecule has 1 amide bonds. The Kier molecular flexibility index (Phi) is 5.29. The molecule has 0 spiro atoms. The van der Waals surface area contributed by atoms with Gasteiger partial charge in [0.1, 0.15) is 12.4 Å². The summed E-state index contributed by atoms with van der Waals surface area (Å²) in [7, 11) is 0. The smallest absolute Gasteiger partial charge is 0.251 e. The minimum atomic E-state index is -0.0851. The Morgan fingerprint density at radius 1 is 1.18 bits per heavy atom. The highest BCUT2D eigenvalue weighted by atomic mass is 16.5. The third-order valence-corrected chi connectivity index (χ3v) is 4.07. The van der Waals surface area contributed by atoms with E-state index in [1.165, 1.54) is 0 Å². The average Bonchev–Trinajstić information content (AvgIpc) is 3.24. The Labute approximate surface area is 130 Å². The summed E-state index contributed by atoms with van der Waals surface area (Å²) in [6, 6.07) is 7.28. The fourth-order valence-electron chi connectivity index (χ4n) is 2.81. The van der Waals surface area contributed by atoms with Gasteiger partial charge in [0.25, 0.3) is 5.91 Å². The SMILES string of the molecule is O=C(NCC1CCCO1)c1cccc(OCC2CCCO2)c1. The zero-order chi connectivity index (χ0) is 15.2. The number of carbonyl (C=O) groups excluding carboxylic acids is 1. The zero-order valence-electron chi connectivity index (χ0n) is 12.8. The van der Waals surface area contributed by atoms with Gasteiger partial charge in [0.15, 0.2) is 0 Å². The highest BCUT2D eigenvalue weighted by molar-refractivity contribution is 5.94. The third kappa shape index (κ3) is 4.21. The first-order chi connectivity index (χ1) is 10.8. The van der Waals surface area contributed by atoms with Gasteiger partial charge in [-0.1, -0.05) is 6.07 Å². The minimum Gasteiger partial charge on any atom is -0.491 e. The van der Waals surface area contributed by atoms with E-state index in [1.807, 2.05) is 12.1 Å². The minimum absolute atomic E-state index is 0.0851. The lowest BCUT2D eigenvalue weighted by atomic mass is 10.2. The molecule has 1 N–H and O–H groups in total. The molecule has 2 atom stereocenters. The molecule has 5 nitrogen and oxygen atoms in total. The van der Waals surface area contributed by atoms with Crippen LogP contribution in [0, 0.1) is 0 Å². The van der Waals surface area contributed by atoms with E-state index in [9.17, 15) is 4.79 Å². The van der Waals surface area contributed by atoms with Gasteiger partial charge in [-0.25, -0.2) is 0 Å². The van der Waals surface area contributed by atoms with E-state index in [2.05, 4.69) is 5.32 Å². The molecule has 1 aromatic rings. The molecule has 3 rings (SSSR count). The van der Waals surface area contributed by atoms with Crippen LogP contribution in [-0.4, -0.2) is 44.5 Å². The molecule has 0 saturated carbocycles. The molecule has 0 aliphatic carbocycles. The Balaban J connectivity index is 1.49. The van der Waals surface area contributed by atoms with Crippen molar-refractivity contribution >= 4 is 5.91 Å². The second-order valence-electron chi connectivity index (χ2n) is 5.82. The maximum Gasteiger partial charge on any atom is 0.251 e. The fraction of sp³-hybridized carbons (Fsp3) is 0.588. The van der Waals surface area contributed by atoms with Crippen LogP contribution >= 0.6 is 0 Å². The van der Waals surface area contributed by atoms with Crippen molar-refractivity contribution in [1.29, 1.82) is 0 Å². The fourth-order valence-corrected chi connectivity index (χ4v) is 2.81. The molecule has 2 fully saturated rings. The van der Waals surface area contributed by atoms with Crippen LogP contribution in [0.2, 0.25) is 0 Å². The van der Waals surface area contributed by atoms with Crippen molar-refractivity contribution in [1.82, 2.24) is 5.32 Å². The van der Waals surface area contributed by atoms with Crippen LogP contribution in [-0.2, 0) is 9.47 Å². The average molecular weight is 305 g/mol. The molecule has 2 unspecified atom stereocenters. The van der Waals surface area contributed by atoms with Crippen LogP contribution in [0.5, 0.6) is 5.75 Å². The van der Waals surface area contributed by atoms with Crippen molar-refractivity contribution in [3.8, 4) is 5.75 Å². The Bertz CT molecular complexity index is 493. The second-order valence-corrected chi connectivity index (χ2v) is 5.82. The van der Waals surface area contributed by atoms with E-state index in [4.69, 9.17) is 14.2 Å². The maximum absolute atomic E-state index is 12.2. The molecule has 2 saturated heterocycles. The molecule has 2 aliphatic rings. The zero-order valence-corrected chi connectivity index (χ0v) is 12.8. The van der Waals surface area contributed by atoms with Crippen molar-refractivity contribution < 1.29 is 19.0 Å². The number of amides is 1. The van der Waals surface area contributed by atoms with Crippen LogP contribution in [0.25, 0.3) is 0 Å². The van der Waals surface area contributed by atoms with Crippen LogP contribution in [0.4, 0.5) is 0 Å². The second kappa shape index (κ2) is 7.61. The number of carbonyl (C=O) groups is 1. The molecule has 0 radical (unpaired) electrons. The summed E-state index contributed by atoms with van der Waals surface area (Å²) in [6.07, 6.45) is 4.57. The van der Waals surface area contributed by atoms with Gasteiger partial charge in [0.2, 0.25) is 0 Å². The summed E-state index contributed by atoms with van der Waals surface area (Å²) in [6.45, 7) is 2.73. The van der Waals surface area contributed by atoms with Gasteiger partial charge < -0.3 is 19.5 Å². The number of rotatable bonds is 6. The molecule has 120 valence electrons. The Morgan fingerprint density at radius 2 is 1.95 bits per heavy atom. The van der Waals surface area contributed by atoms with Crippen molar-refractivity contribution in [3.05, 3.63) is 29.8 Å². The Hall–Kier alpha value is -1.59. The van der Waals surface area contributed by atoms with Gasteiger partial charge in [-0.15, -0.1) is 0 Å². The summed E-state index contributed by atoms with van der Waals surface area (Å²) in [5.74, 6) is 0.623. The standard InChI is InChI=1S/C17H23NO4/c19-17(18-11-15-6-2-8-20-15)13-4-1-5-14(10-13)22-12-16-7-3-9-21-16/h1,4-5,10,15-16H,2-3,6-9,11-12H2,(H,18,19). The molecule has 1 aromatic carbocycles. The summed E-state index contributed by atoms with van der Waals surface area (Å²) in [5, 5.41) is 2.92. The molecule has 2 aliphatic heterocycles. The largest absolute Gasteiger partial charge is 0.491 e. The lowest BCUT2D eigenvalue weighted by Gasteiger charge is -2.13. The van der Waals surface area contributed by atoms with Gasteiger partial charge in [0.05, 0.1) is 12.2 Å². The van der Waals surface area contributed by atoms with Crippen molar-refractivity contribution in [2.45, 2.75) is 37.9 Å². The number of hydrogen-bond donors (Lipinski definition) is 1. The van der Waals surface area contributed by atoms with E-state index < -0.39 is 0 Å². The Morgan fingerprint density at radius 3 is 2.68 bits per heavy atom. The van der Waals surface area contributed by atoms with E-state index >= 15 is 0 Å². The van der Waals surface area contributed by atoms with Gasteiger partial charge in [-0.2, -0.15) is 0 Å². The molecule has 0 bridgehead atoms. The topological polar surface area (TPSA) is 56.8 Å². The molecule has 2 heterocycles. The van der Waals surface area contributed by atoms with E-state index in [1.54, 1.807) is 12.1 Å². The quantitative estimate of drug-likeness (QED) is 0.875.